The normalized spacial score (nSPS) is 14.4. The Morgan fingerprint density at radius 1 is 1.57 bits per heavy atom. The summed E-state index contributed by atoms with van der Waals surface area (Å²) in [6, 6.07) is 6.09. The second-order valence-corrected chi connectivity index (χ2v) is 3.43. The van der Waals surface area contributed by atoms with Crippen LogP contribution in [-0.4, -0.2) is 5.11 Å². The minimum absolute atomic E-state index is 0.0880. The lowest BCUT2D eigenvalue weighted by Crippen LogP contribution is -2.20. The Morgan fingerprint density at radius 2 is 2.21 bits per heavy atom. The van der Waals surface area contributed by atoms with Crippen molar-refractivity contribution in [2.24, 2.45) is 0 Å². The molecule has 1 aromatic rings. The van der Waals surface area contributed by atoms with E-state index in [2.05, 4.69) is 0 Å². The molecule has 1 rings (SSSR count). The van der Waals surface area contributed by atoms with Crippen molar-refractivity contribution >= 4 is 0 Å². The van der Waals surface area contributed by atoms with Gasteiger partial charge in [0.25, 0.3) is 0 Å². The smallest absolute Gasteiger partial charge is 0.131 e. The summed E-state index contributed by atoms with van der Waals surface area (Å²) in [5.41, 5.74) is -0.875. The highest BCUT2D eigenvalue weighted by Crippen LogP contribution is 2.35. The lowest BCUT2D eigenvalue weighted by atomic mass is 9.81. The molecule has 0 bridgehead atoms. The maximum Gasteiger partial charge on any atom is 0.131 e. The van der Waals surface area contributed by atoms with E-state index in [1.165, 1.54) is 18.2 Å². The quantitative estimate of drug-likeness (QED) is 0.784. The summed E-state index contributed by atoms with van der Waals surface area (Å²) in [6.07, 6.45) is 0.456. The number of halogens is 1. The summed E-state index contributed by atoms with van der Waals surface area (Å²) in [5, 5.41) is 18.5. The summed E-state index contributed by atoms with van der Waals surface area (Å²) in [4.78, 5) is 0. The standard InChI is InChI=1S/C11H12FNO/c1-3-11(2,7-13)10-8(12)5-4-6-9(10)14/h4-6,14H,3H2,1-2H3. The van der Waals surface area contributed by atoms with Crippen molar-refractivity contribution in [3.8, 4) is 11.8 Å². The van der Waals surface area contributed by atoms with E-state index in [-0.39, 0.29) is 11.3 Å². The van der Waals surface area contributed by atoms with Crippen molar-refractivity contribution in [3.05, 3.63) is 29.6 Å². The molecular weight excluding hydrogens is 181 g/mol. The average Bonchev–Trinajstić information content (AvgIpc) is 2.17. The summed E-state index contributed by atoms with van der Waals surface area (Å²) in [7, 11) is 0. The highest BCUT2D eigenvalue weighted by Gasteiger charge is 2.30. The Bertz CT molecular complexity index is 363. The molecule has 0 aliphatic heterocycles. The first-order valence-electron chi connectivity index (χ1n) is 4.44. The lowest BCUT2D eigenvalue weighted by molar-refractivity contribution is 0.431. The van der Waals surface area contributed by atoms with Crippen LogP contribution in [0.25, 0.3) is 0 Å². The molecule has 0 aliphatic carbocycles. The molecule has 0 aromatic heterocycles. The molecule has 0 amide bonds. The Morgan fingerprint density at radius 3 is 2.64 bits per heavy atom. The molecule has 0 spiro atoms. The van der Waals surface area contributed by atoms with Crippen molar-refractivity contribution in [3.63, 3.8) is 0 Å². The van der Waals surface area contributed by atoms with Crippen LogP contribution in [0.4, 0.5) is 4.39 Å². The molecule has 1 aromatic carbocycles. The molecular formula is C11H12FNO. The Hall–Kier alpha value is -1.56. The van der Waals surface area contributed by atoms with Gasteiger partial charge in [0, 0.05) is 5.56 Å². The monoisotopic (exact) mass is 193 g/mol. The highest BCUT2D eigenvalue weighted by atomic mass is 19.1. The van der Waals surface area contributed by atoms with Crippen molar-refractivity contribution in [1.29, 1.82) is 5.26 Å². The van der Waals surface area contributed by atoms with Gasteiger partial charge in [-0.2, -0.15) is 5.26 Å². The Kier molecular flexibility index (Phi) is 2.76. The Balaban J connectivity index is 3.39. The van der Waals surface area contributed by atoms with E-state index in [9.17, 15) is 9.50 Å². The Labute approximate surface area is 82.6 Å². The van der Waals surface area contributed by atoms with Crippen LogP contribution in [0.1, 0.15) is 25.8 Å². The maximum absolute atomic E-state index is 13.4. The average molecular weight is 193 g/mol. The van der Waals surface area contributed by atoms with Crippen LogP contribution >= 0.6 is 0 Å². The predicted octanol–water partition coefficient (Wildman–Crippen LogP) is 2.72. The summed E-state index contributed by atoms with van der Waals surface area (Å²) >= 11 is 0. The molecule has 14 heavy (non-hydrogen) atoms. The molecule has 2 nitrogen and oxygen atoms in total. The molecule has 0 fully saturated rings. The van der Waals surface area contributed by atoms with Gasteiger partial charge in [0.05, 0.1) is 11.5 Å². The lowest BCUT2D eigenvalue weighted by Gasteiger charge is -2.21. The van der Waals surface area contributed by atoms with Crippen molar-refractivity contribution in [2.45, 2.75) is 25.7 Å². The molecule has 0 heterocycles. The summed E-state index contributed by atoms with van der Waals surface area (Å²) in [5.74, 6) is -0.688. The van der Waals surface area contributed by atoms with Crippen LogP contribution < -0.4 is 0 Å². The SMILES string of the molecule is CCC(C)(C#N)c1c(O)cccc1F. The fourth-order valence-electron chi connectivity index (χ4n) is 1.37. The van der Waals surface area contributed by atoms with Crippen LogP contribution in [0.2, 0.25) is 0 Å². The molecule has 1 N–H and O–H groups in total. The van der Waals surface area contributed by atoms with Gasteiger partial charge >= 0.3 is 0 Å². The van der Waals surface area contributed by atoms with Crippen molar-refractivity contribution in [1.82, 2.24) is 0 Å². The zero-order valence-corrected chi connectivity index (χ0v) is 8.21. The number of hydrogen-bond acceptors (Lipinski definition) is 2. The van der Waals surface area contributed by atoms with E-state index in [1.54, 1.807) is 13.8 Å². The van der Waals surface area contributed by atoms with Gasteiger partial charge in [-0.25, -0.2) is 4.39 Å². The van der Waals surface area contributed by atoms with E-state index in [4.69, 9.17) is 5.26 Å². The third-order valence-electron chi connectivity index (χ3n) is 2.50. The van der Waals surface area contributed by atoms with Crippen molar-refractivity contribution in [2.75, 3.05) is 0 Å². The van der Waals surface area contributed by atoms with E-state index in [0.29, 0.717) is 6.42 Å². The zero-order valence-electron chi connectivity index (χ0n) is 8.21. The largest absolute Gasteiger partial charge is 0.508 e. The molecule has 1 unspecified atom stereocenters. The second kappa shape index (κ2) is 3.67. The van der Waals surface area contributed by atoms with E-state index < -0.39 is 11.2 Å². The highest BCUT2D eigenvalue weighted by molar-refractivity contribution is 5.43. The first-order chi connectivity index (χ1) is 6.55. The molecule has 0 aliphatic rings. The number of benzene rings is 1. The molecule has 74 valence electrons. The summed E-state index contributed by atoms with van der Waals surface area (Å²) < 4.78 is 13.4. The fourth-order valence-corrected chi connectivity index (χ4v) is 1.37. The summed E-state index contributed by atoms with van der Waals surface area (Å²) in [6.45, 7) is 3.40. The topological polar surface area (TPSA) is 44.0 Å². The number of aromatic hydroxyl groups is 1. The van der Waals surface area contributed by atoms with Gasteiger partial charge in [0.1, 0.15) is 11.6 Å². The van der Waals surface area contributed by atoms with Gasteiger partial charge in [-0.15, -0.1) is 0 Å². The second-order valence-electron chi connectivity index (χ2n) is 3.43. The van der Waals surface area contributed by atoms with Crippen LogP contribution in [0.5, 0.6) is 5.75 Å². The van der Waals surface area contributed by atoms with Gasteiger partial charge in [-0.3, -0.25) is 0 Å². The number of nitriles is 1. The number of phenols is 1. The molecule has 0 radical (unpaired) electrons. The van der Waals surface area contributed by atoms with Crippen LogP contribution in [-0.2, 0) is 5.41 Å². The molecule has 0 saturated heterocycles. The third kappa shape index (κ3) is 1.56. The van der Waals surface area contributed by atoms with Gasteiger partial charge in [-0.05, 0) is 25.5 Å². The van der Waals surface area contributed by atoms with Gasteiger partial charge < -0.3 is 5.11 Å². The van der Waals surface area contributed by atoms with Crippen LogP contribution in [0.3, 0.4) is 0 Å². The first kappa shape index (κ1) is 10.5. The minimum Gasteiger partial charge on any atom is -0.508 e. The van der Waals surface area contributed by atoms with E-state index >= 15 is 0 Å². The molecule has 1 atom stereocenters. The maximum atomic E-state index is 13.4. The number of nitrogens with zero attached hydrogens (tertiary/aromatic N) is 1. The molecule has 3 heteroatoms. The predicted molar refractivity (Wildman–Crippen MR) is 51.3 cm³/mol. The number of hydrogen-bond donors (Lipinski definition) is 1. The van der Waals surface area contributed by atoms with Gasteiger partial charge in [0.15, 0.2) is 0 Å². The number of phenolic OH excluding ortho intramolecular Hbond substituents is 1. The van der Waals surface area contributed by atoms with Crippen molar-refractivity contribution < 1.29 is 9.50 Å². The minimum atomic E-state index is -0.963. The zero-order chi connectivity index (χ0) is 10.8. The van der Waals surface area contributed by atoms with Gasteiger partial charge in [0.2, 0.25) is 0 Å². The third-order valence-corrected chi connectivity index (χ3v) is 2.50. The number of rotatable bonds is 2. The molecule has 0 saturated carbocycles. The van der Waals surface area contributed by atoms with Gasteiger partial charge in [-0.1, -0.05) is 13.0 Å². The van der Waals surface area contributed by atoms with E-state index in [0.717, 1.165) is 0 Å². The van der Waals surface area contributed by atoms with E-state index in [1.807, 2.05) is 6.07 Å². The van der Waals surface area contributed by atoms with Crippen LogP contribution in [0, 0.1) is 17.1 Å². The van der Waals surface area contributed by atoms with Crippen LogP contribution in [0.15, 0.2) is 18.2 Å². The fraction of sp³-hybridized carbons (Fsp3) is 0.364. The first-order valence-corrected chi connectivity index (χ1v) is 4.44.